The average molecular weight is 671 g/mol. The lowest BCUT2D eigenvalue weighted by Gasteiger charge is -2.45. The Kier molecular flexibility index (Phi) is 12.9. The third-order valence-corrected chi connectivity index (χ3v) is 10.4. The van der Waals surface area contributed by atoms with E-state index in [0.717, 1.165) is 40.9 Å². The first-order valence-electron chi connectivity index (χ1n) is 18.9. The van der Waals surface area contributed by atoms with Crippen molar-refractivity contribution in [2.75, 3.05) is 31.8 Å². The van der Waals surface area contributed by atoms with Gasteiger partial charge in [-0.25, -0.2) is 4.79 Å². The molecule has 2 heterocycles. The Balaban J connectivity index is 1.12. The number of hydrogen-bond acceptors (Lipinski definition) is 7. The minimum absolute atomic E-state index is 0.139. The van der Waals surface area contributed by atoms with Crippen molar-refractivity contribution in [2.45, 2.75) is 129 Å². The van der Waals surface area contributed by atoms with Crippen molar-refractivity contribution in [1.82, 2.24) is 0 Å². The molecule has 0 aromatic heterocycles. The van der Waals surface area contributed by atoms with E-state index in [4.69, 9.17) is 23.9 Å². The van der Waals surface area contributed by atoms with Gasteiger partial charge in [0.15, 0.2) is 6.61 Å². The number of rotatable bonds is 20. The predicted molar refractivity (Wildman–Crippen MR) is 201 cm³/mol. The number of ether oxygens (including phenoxy) is 4. The topological polar surface area (TPSA) is 69.6 Å². The van der Waals surface area contributed by atoms with Gasteiger partial charge in [-0.15, -0.1) is 0 Å². The highest BCUT2D eigenvalue weighted by atomic mass is 16.6. The second-order valence-electron chi connectivity index (χ2n) is 14.3. The van der Waals surface area contributed by atoms with Crippen molar-refractivity contribution in [2.24, 2.45) is 4.99 Å². The van der Waals surface area contributed by atoms with Crippen LogP contribution in [-0.4, -0.2) is 44.8 Å². The van der Waals surface area contributed by atoms with E-state index < -0.39 is 17.1 Å². The number of carbonyl (C=O) groups excluding carboxylic acids is 1. The first kappa shape index (κ1) is 36.5. The van der Waals surface area contributed by atoms with Gasteiger partial charge < -0.3 is 23.8 Å². The summed E-state index contributed by atoms with van der Waals surface area (Å²) >= 11 is 0. The lowest BCUT2D eigenvalue weighted by Crippen LogP contribution is -2.61. The molecule has 0 saturated heterocycles. The molecule has 0 aliphatic carbocycles. The van der Waals surface area contributed by atoms with Gasteiger partial charge in [0.25, 0.3) is 0 Å². The van der Waals surface area contributed by atoms with Gasteiger partial charge in [0, 0.05) is 18.1 Å². The number of aliphatic imine (C=N–C) groups is 1. The zero-order valence-corrected chi connectivity index (χ0v) is 30.7. The van der Waals surface area contributed by atoms with Crippen LogP contribution >= 0.6 is 0 Å². The highest BCUT2D eigenvalue weighted by molar-refractivity contribution is 6.00. The Labute approximate surface area is 294 Å². The Hall–Kier alpha value is -3.74. The molecule has 7 nitrogen and oxygen atoms in total. The Morgan fingerprint density at radius 3 is 2.06 bits per heavy atom. The summed E-state index contributed by atoms with van der Waals surface area (Å²) in [7, 11) is 2.07. The maximum Gasteiger partial charge on any atom is 0.344 e. The number of likely N-dealkylation sites (N-methyl/N-ethyl adjacent to an activating group) is 1. The van der Waals surface area contributed by atoms with Crippen LogP contribution in [0, 0.1) is 0 Å². The van der Waals surface area contributed by atoms with Crippen molar-refractivity contribution in [3.05, 3.63) is 54.1 Å². The van der Waals surface area contributed by atoms with Crippen LogP contribution in [-0.2, 0) is 14.9 Å². The summed E-state index contributed by atoms with van der Waals surface area (Å²) in [6.45, 7) is 9.41. The van der Waals surface area contributed by atoms with Crippen molar-refractivity contribution >= 4 is 34.3 Å². The normalized spacial score (nSPS) is 17.2. The second kappa shape index (κ2) is 17.3. The number of unbranched alkanes of at least 4 members (excludes halogenated alkanes) is 13. The van der Waals surface area contributed by atoms with Crippen LogP contribution in [0.4, 0.5) is 11.4 Å². The van der Waals surface area contributed by atoms with Gasteiger partial charge >= 0.3 is 5.97 Å². The largest absolute Gasteiger partial charge is 0.494 e. The molecule has 0 fully saturated rings. The molecule has 0 bridgehead atoms. The maximum absolute atomic E-state index is 11.8. The fraction of sp³-hybridized carbons (Fsp3) is 0.571. The number of anilines is 1. The number of carbonyl (C=O) groups is 1. The van der Waals surface area contributed by atoms with Crippen LogP contribution in [0.25, 0.3) is 10.8 Å². The number of nitrogens with zero attached hydrogens (tertiary/aromatic N) is 2. The van der Waals surface area contributed by atoms with E-state index in [1.807, 2.05) is 36.5 Å². The molecular weight excluding hydrogens is 612 g/mol. The van der Waals surface area contributed by atoms with E-state index >= 15 is 0 Å². The zero-order valence-electron chi connectivity index (χ0n) is 30.7. The molecule has 7 heteroatoms. The first-order chi connectivity index (χ1) is 23.8. The van der Waals surface area contributed by atoms with Gasteiger partial charge in [-0.1, -0.05) is 103 Å². The second-order valence-corrected chi connectivity index (χ2v) is 14.3. The molecule has 1 unspecified atom stereocenters. The van der Waals surface area contributed by atoms with Crippen molar-refractivity contribution in [3.63, 3.8) is 0 Å². The van der Waals surface area contributed by atoms with E-state index in [0.29, 0.717) is 18.1 Å². The van der Waals surface area contributed by atoms with Gasteiger partial charge in [-0.05, 0) is 74.5 Å². The van der Waals surface area contributed by atoms with Crippen LogP contribution in [0.5, 0.6) is 17.2 Å². The lowest BCUT2D eigenvalue weighted by atomic mass is 9.77. The third-order valence-electron chi connectivity index (χ3n) is 10.4. The Bertz CT molecular complexity index is 1570. The molecule has 3 aromatic rings. The quantitative estimate of drug-likeness (QED) is 0.0880. The van der Waals surface area contributed by atoms with E-state index in [1.165, 1.54) is 89.0 Å². The Morgan fingerprint density at radius 1 is 0.776 bits per heavy atom. The van der Waals surface area contributed by atoms with Crippen LogP contribution in [0.1, 0.15) is 123 Å². The zero-order chi connectivity index (χ0) is 34.7. The fourth-order valence-electron chi connectivity index (χ4n) is 7.38. The van der Waals surface area contributed by atoms with Crippen molar-refractivity contribution in [1.29, 1.82) is 0 Å². The lowest BCUT2D eigenvalue weighted by molar-refractivity contribution is -0.145. The van der Waals surface area contributed by atoms with Gasteiger partial charge in [-0.3, -0.25) is 4.99 Å². The molecule has 0 saturated carbocycles. The monoisotopic (exact) mass is 670 g/mol. The molecule has 0 N–H and O–H groups in total. The summed E-state index contributed by atoms with van der Waals surface area (Å²) in [5.41, 5.74) is 1.83. The van der Waals surface area contributed by atoms with E-state index in [1.54, 1.807) is 6.92 Å². The number of hydrogen-bond donors (Lipinski definition) is 0. The Morgan fingerprint density at radius 2 is 1.39 bits per heavy atom. The van der Waals surface area contributed by atoms with Crippen molar-refractivity contribution in [3.8, 4) is 17.2 Å². The number of benzene rings is 3. The summed E-state index contributed by atoms with van der Waals surface area (Å²) in [4.78, 5) is 19.0. The molecule has 1 atom stereocenters. The molecule has 0 radical (unpaired) electrons. The van der Waals surface area contributed by atoms with Gasteiger partial charge in [0.05, 0.1) is 24.8 Å². The van der Waals surface area contributed by atoms with Gasteiger partial charge in [-0.2, -0.15) is 0 Å². The predicted octanol–water partition coefficient (Wildman–Crippen LogP) is 10.9. The van der Waals surface area contributed by atoms with Crippen LogP contribution in [0.3, 0.4) is 0 Å². The fourth-order valence-corrected chi connectivity index (χ4v) is 7.38. The molecule has 2 aliphatic rings. The summed E-state index contributed by atoms with van der Waals surface area (Å²) in [5.74, 6) is 1.80. The molecule has 2 aliphatic heterocycles. The molecule has 266 valence electrons. The third kappa shape index (κ3) is 8.53. The summed E-state index contributed by atoms with van der Waals surface area (Å²) in [5, 5.41) is 1.92. The summed E-state index contributed by atoms with van der Waals surface area (Å²) < 4.78 is 23.9. The van der Waals surface area contributed by atoms with Crippen LogP contribution < -0.4 is 19.1 Å². The van der Waals surface area contributed by atoms with Crippen molar-refractivity contribution < 1.29 is 23.7 Å². The van der Waals surface area contributed by atoms with E-state index in [9.17, 15) is 4.79 Å². The molecule has 1 spiro atoms. The van der Waals surface area contributed by atoms with E-state index in [2.05, 4.69) is 50.9 Å². The SMILES string of the molecule is CCCCCCCCCCCCCCCCOc1ccc2c(c1)C(C)(C)C1(C=Nc3c(ccc4ccc(OCC(=O)OCC)cc34)O1)N2C. The minimum Gasteiger partial charge on any atom is -0.494 e. The van der Waals surface area contributed by atoms with E-state index in [-0.39, 0.29) is 6.61 Å². The molecule has 5 rings (SSSR count). The molecular formula is C42H58N2O5. The molecule has 49 heavy (non-hydrogen) atoms. The van der Waals surface area contributed by atoms with Crippen LogP contribution in [0.15, 0.2) is 53.5 Å². The maximum atomic E-state index is 11.8. The summed E-state index contributed by atoms with van der Waals surface area (Å²) in [6, 6.07) is 16.2. The summed E-state index contributed by atoms with van der Waals surface area (Å²) in [6.07, 6.45) is 20.9. The first-order valence-corrected chi connectivity index (χ1v) is 18.9. The molecule has 0 amide bonds. The standard InChI is InChI=1S/C42H58N2O5/c1-6-8-9-10-11-12-13-14-15-16-17-18-19-20-27-47-34-24-25-37-36(29-34)41(3,4)42(44(37)5)31-43-40-35-28-33(48-30-39(45)46-7-2)23-21-32(35)22-26-38(40)49-42/h21-26,28-29,31H,6-20,27,30H2,1-5H3. The van der Waals surface area contributed by atoms with Crippen LogP contribution in [0.2, 0.25) is 0 Å². The number of fused-ring (bicyclic) bond motifs is 4. The smallest absolute Gasteiger partial charge is 0.344 e. The average Bonchev–Trinajstić information content (AvgIpc) is 3.26. The highest BCUT2D eigenvalue weighted by Crippen LogP contribution is 2.55. The molecule has 3 aromatic carbocycles. The number of esters is 1. The highest BCUT2D eigenvalue weighted by Gasteiger charge is 2.58. The van der Waals surface area contributed by atoms with Gasteiger partial charge in [0.1, 0.15) is 22.9 Å². The van der Waals surface area contributed by atoms with Gasteiger partial charge in [0.2, 0.25) is 5.72 Å². The minimum atomic E-state index is -0.804.